The van der Waals surface area contributed by atoms with Gasteiger partial charge in [0.25, 0.3) is 5.91 Å². The predicted octanol–water partition coefficient (Wildman–Crippen LogP) is 3.07. The fourth-order valence-corrected chi connectivity index (χ4v) is 3.97. The molecule has 1 amide bonds. The highest BCUT2D eigenvalue weighted by atomic mass is 35.5. The number of nitrogens with zero attached hydrogens (tertiary/aromatic N) is 3. The molecule has 0 bridgehead atoms. The number of halogens is 2. The SMILES string of the molecule is COCC1(CNC(=O)c2cnc3c(cnn3Cc3ccccc3)c2)CCNCC1.Cl.Cl. The number of hydrogen-bond donors (Lipinski definition) is 2. The molecule has 0 saturated carbocycles. The van der Waals surface area contributed by atoms with Crippen LogP contribution in [-0.4, -0.2) is 54.0 Å². The van der Waals surface area contributed by atoms with Crippen molar-refractivity contribution in [2.45, 2.75) is 19.4 Å². The van der Waals surface area contributed by atoms with E-state index in [-0.39, 0.29) is 36.1 Å². The number of piperidine rings is 1. The second kappa shape index (κ2) is 11.4. The number of benzene rings is 1. The van der Waals surface area contributed by atoms with Crippen LogP contribution in [0, 0.1) is 5.41 Å². The number of carbonyl (C=O) groups is 1. The first kappa shape index (κ1) is 25.1. The van der Waals surface area contributed by atoms with Crippen molar-refractivity contribution in [3.63, 3.8) is 0 Å². The number of carbonyl (C=O) groups excluding carboxylic acids is 1. The van der Waals surface area contributed by atoms with Crippen LogP contribution in [0.25, 0.3) is 11.0 Å². The Morgan fingerprint density at radius 2 is 1.94 bits per heavy atom. The molecule has 9 heteroatoms. The van der Waals surface area contributed by atoms with Gasteiger partial charge in [-0.2, -0.15) is 5.10 Å². The lowest BCUT2D eigenvalue weighted by Gasteiger charge is -2.37. The molecule has 0 radical (unpaired) electrons. The molecule has 1 aliphatic rings. The topological polar surface area (TPSA) is 81.1 Å². The molecule has 31 heavy (non-hydrogen) atoms. The molecule has 0 spiro atoms. The Kier molecular flexibility index (Phi) is 9.25. The number of ether oxygens (including phenoxy) is 1. The maximum atomic E-state index is 12.7. The van der Waals surface area contributed by atoms with Gasteiger partial charge in [-0.3, -0.25) is 4.79 Å². The molecule has 0 aliphatic carbocycles. The molecule has 1 aliphatic heterocycles. The average molecular weight is 466 g/mol. The normalized spacial score (nSPS) is 15.0. The van der Waals surface area contributed by atoms with E-state index in [1.54, 1.807) is 19.5 Å². The number of nitrogens with one attached hydrogen (secondary N) is 2. The Morgan fingerprint density at radius 1 is 1.19 bits per heavy atom. The van der Waals surface area contributed by atoms with Gasteiger partial charge in [0.15, 0.2) is 5.65 Å². The fraction of sp³-hybridized carbons (Fsp3) is 0.409. The van der Waals surface area contributed by atoms with Crippen molar-refractivity contribution in [2.75, 3.05) is 33.4 Å². The first-order valence-corrected chi connectivity index (χ1v) is 10.0. The van der Waals surface area contributed by atoms with Gasteiger partial charge in [0.1, 0.15) is 0 Å². The number of pyridine rings is 1. The first-order chi connectivity index (χ1) is 14.2. The highest BCUT2D eigenvalue weighted by Gasteiger charge is 2.32. The molecule has 2 aromatic heterocycles. The van der Waals surface area contributed by atoms with Crippen LogP contribution < -0.4 is 10.6 Å². The van der Waals surface area contributed by atoms with Gasteiger partial charge in [-0.05, 0) is 37.6 Å². The van der Waals surface area contributed by atoms with E-state index in [0.717, 1.165) is 42.5 Å². The maximum absolute atomic E-state index is 12.7. The van der Waals surface area contributed by atoms with Crippen LogP contribution in [0.2, 0.25) is 0 Å². The zero-order valence-electron chi connectivity index (χ0n) is 17.5. The van der Waals surface area contributed by atoms with Crippen molar-refractivity contribution < 1.29 is 9.53 Å². The van der Waals surface area contributed by atoms with Gasteiger partial charge < -0.3 is 15.4 Å². The third-order valence-corrected chi connectivity index (χ3v) is 5.65. The Balaban J connectivity index is 0.00000171. The van der Waals surface area contributed by atoms with E-state index in [2.05, 4.69) is 32.8 Å². The first-order valence-electron chi connectivity index (χ1n) is 10.0. The minimum Gasteiger partial charge on any atom is -0.384 e. The minimum absolute atomic E-state index is 0. The lowest BCUT2D eigenvalue weighted by molar-refractivity contribution is 0.0511. The summed E-state index contributed by atoms with van der Waals surface area (Å²) in [5, 5.41) is 11.8. The van der Waals surface area contributed by atoms with Crippen LogP contribution in [0.4, 0.5) is 0 Å². The second-order valence-corrected chi connectivity index (χ2v) is 7.79. The maximum Gasteiger partial charge on any atom is 0.252 e. The predicted molar refractivity (Wildman–Crippen MR) is 126 cm³/mol. The number of rotatable bonds is 7. The van der Waals surface area contributed by atoms with Crippen molar-refractivity contribution in [3.8, 4) is 0 Å². The highest BCUT2D eigenvalue weighted by molar-refractivity contribution is 5.96. The van der Waals surface area contributed by atoms with Crippen LogP contribution in [-0.2, 0) is 11.3 Å². The molecule has 3 heterocycles. The molecule has 2 N–H and O–H groups in total. The van der Waals surface area contributed by atoms with Crippen LogP contribution in [0.3, 0.4) is 0 Å². The van der Waals surface area contributed by atoms with E-state index in [9.17, 15) is 4.79 Å². The Hall–Kier alpha value is -2.19. The quantitative estimate of drug-likeness (QED) is 0.560. The van der Waals surface area contributed by atoms with Crippen molar-refractivity contribution in [3.05, 3.63) is 59.9 Å². The lowest BCUT2D eigenvalue weighted by atomic mass is 9.79. The molecule has 0 atom stereocenters. The Bertz CT molecular complexity index is 969. The standard InChI is InChI=1S/C22H27N5O2.2ClH/c1-29-16-22(7-9-23-10-8-22)15-25-21(28)19-11-18-13-26-27(20(18)24-12-19)14-17-5-3-2-4-6-17;;/h2-6,11-13,23H,7-10,14-16H2,1H3,(H,25,28);2*1H. The number of hydrogen-bond acceptors (Lipinski definition) is 5. The van der Waals surface area contributed by atoms with Gasteiger partial charge in [0, 0.05) is 30.7 Å². The van der Waals surface area contributed by atoms with E-state index in [1.165, 1.54) is 0 Å². The van der Waals surface area contributed by atoms with E-state index in [4.69, 9.17) is 4.74 Å². The molecule has 1 saturated heterocycles. The number of aromatic nitrogens is 3. The van der Waals surface area contributed by atoms with E-state index in [1.807, 2.05) is 28.9 Å². The molecule has 0 unspecified atom stereocenters. The summed E-state index contributed by atoms with van der Waals surface area (Å²) in [6.45, 7) is 3.81. The van der Waals surface area contributed by atoms with E-state index >= 15 is 0 Å². The highest BCUT2D eigenvalue weighted by Crippen LogP contribution is 2.28. The summed E-state index contributed by atoms with van der Waals surface area (Å²) in [6.07, 6.45) is 5.38. The smallest absolute Gasteiger partial charge is 0.252 e. The number of methoxy groups -OCH3 is 1. The van der Waals surface area contributed by atoms with Crippen molar-refractivity contribution in [2.24, 2.45) is 5.41 Å². The fourth-order valence-electron chi connectivity index (χ4n) is 3.97. The van der Waals surface area contributed by atoms with Crippen molar-refractivity contribution in [1.82, 2.24) is 25.4 Å². The summed E-state index contributed by atoms with van der Waals surface area (Å²) in [5.41, 5.74) is 2.48. The summed E-state index contributed by atoms with van der Waals surface area (Å²) < 4.78 is 7.29. The van der Waals surface area contributed by atoms with Crippen molar-refractivity contribution >= 4 is 41.8 Å². The monoisotopic (exact) mass is 465 g/mol. The van der Waals surface area contributed by atoms with Crippen LogP contribution in [0.5, 0.6) is 0 Å². The average Bonchev–Trinajstić information content (AvgIpc) is 3.16. The van der Waals surface area contributed by atoms with Crippen LogP contribution in [0.1, 0.15) is 28.8 Å². The molecular formula is C22H29Cl2N5O2. The number of amides is 1. The number of fused-ring (bicyclic) bond motifs is 1. The molecule has 1 aromatic carbocycles. The van der Waals surface area contributed by atoms with Crippen LogP contribution in [0.15, 0.2) is 48.8 Å². The summed E-state index contributed by atoms with van der Waals surface area (Å²) in [6, 6.07) is 12.0. The van der Waals surface area contributed by atoms with Crippen LogP contribution >= 0.6 is 24.8 Å². The summed E-state index contributed by atoms with van der Waals surface area (Å²) in [5.74, 6) is -0.107. The molecule has 4 rings (SSSR count). The van der Waals surface area contributed by atoms with E-state index < -0.39 is 0 Å². The third-order valence-electron chi connectivity index (χ3n) is 5.65. The lowest BCUT2D eigenvalue weighted by Crippen LogP contribution is -2.47. The summed E-state index contributed by atoms with van der Waals surface area (Å²) in [4.78, 5) is 17.3. The second-order valence-electron chi connectivity index (χ2n) is 7.79. The molecule has 1 fully saturated rings. The zero-order valence-corrected chi connectivity index (χ0v) is 19.2. The molecule has 168 valence electrons. The van der Waals surface area contributed by atoms with Gasteiger partial charge >= 0.3 is 0 Å². The zero-order chi connectivity index (χ0) is 20.1. The largest absolute Gasteiger partial charge is 0.384 e. The minimum atomic E-state index is -0.107. The van der Waals surface area contributed by atoms with Gasteiger partial charge in [-0.1, -0.05) is 30.3 Å². The van der Waals surface area contributed by atoms with Gasteiger partial charge in [0.2, 0.25) is 0 Å². The van der Waals surface area contributed by atoms with Gasteiger partial charge in [0.05, 0.1) is 24.9 Å². The summed E-state index contributed by atoms with van der Waals surface area (Å²) >= 11 is 0. The van der Waals surface area contributed by atoms with E-state index in [0.29, 0.717) is 25.3 Å². The Labute approximate surface area is 194 Å². The van der Waals surface area contributed by atoms with Crippen molar-refractivity contribution in [1.29, 1.82) is 0 Å². The molecule has 7 nitrogen and oxygen atoms in total. The van der Waals surface area contributed by atoms with Gasteiger partial charge in [-0.15, -0.1) is 24.8 Å². The summed E-state index contributed by atoms with van der Waals surface area (Å²) in [7, 11) is 1.72. The van der Waals surface area contributed by atoms with Gasteiger partial charge in [-0.25, -0.2) is 9.67 Å². The molecular weight excluding hydrogens is 437 g/mol. The molecule has 3 aromatic rings. The third kappa shape index (κ3) is 5.95. The Morgan fingerprint density at radius 3 is 2.65 bits per heavy atom.